The lowest BCUT2D eigenvalue weighted by atomic mass is 10.2. The van der Waals surface area contributed by atoms with Crippen molar-refractivity contribution < 1.29 is 24.3 Å². The van der Waals surface area contributed by atoms with E-state index < -0.39 is 29.2 Å². The zero-order valence-corrected chi connectivity index (χ0v) is 17.6. The molecule has 0 bridgehead atoms. The molecule has 0 aliphatic carbocycles. The van der Waals surface area contributed by atoms with Gasteiger partial charge in [-0.25, -0.2) is 19.9 Å². The van der Waals surface area contributed by atoms with Crippen molar-refractivity contribution in [1.82, 2.24) is 35.2 Å². The molecule has 0 aliphatic rings. The van der Waals surface area contributed by atoms with Crippen molar-refractivity contribution in [2.75, 3.05) is 6.54 Å². The summed E-state index contributed by atoms with van der Waals surface area (Å²) >= 11 is 0. The summed E-state index contributed by atoms with van der Waals surface area (Å²) in [5.74, 6) is 3.95. The number of aromatic nitrogens is 6. The molecule has 31 heavy (non-hydrogen) atoms. The average Bonchev–Trinajstić information content (AvgIpc) is 3.28. The number of hydrogen-bond donors (Lipinski definition) is 3. The molecule has 0 fully saturated rings. The Balaban J connectivity index is 2.37. The maximum absolute atomic E-state index is 12.7. The van der Waals surface area contributed by atoms with Gasteiger partial charge in [0.15, 0.2) is 5.69 Å². The Kier molecular flexibility index (Phi) is 7.14. The number of aromatic hydroxyl groups is 1. The van der Waals surface area contributed by atoms with Gasteiger partial charge >= 0.3 is 17.8 Å². The van der Waals surface area contributed by atoms with Crippen LogP contribution in [0.15, 0.2) is 9.79 Å². The van der Waals surface area contributed by atoms with Crippen molar-refractivity contribution in [2.45, 2.75) is 46.6 Å². The minimum Gasteiger partial charge on any atom is -0.492 e. The number of aromatic amines is 1. The number of carbonyl (C=O) groups excluding carboxylic acids is 2. The first-order chi connectivity index (χ1) is 14.5. The van der Waals surface area contributed by atoms with Gasteiger partial charge < -0.3 is 14.7 Å². The fourth-order valence-corrected chi connectivity index (χ4v) is 2.03. The molecular weight excluding hydrogens is 412 g/mol. The second kappa shape index (κ2) is 9.57. The third-order valence-corrected chi connectivity index (χ3v) is 3.34. The van der Waals surface area contributed by atoms with Gasteiger partial charge in [0.2, 0.25) is 5.88 Å². The second-order valence-electron chi connectivity index (χ2n) is 6.95. The summed E-state index contributed by atoms with van der Waals surface area (Å²) in [5.41, 5.74) is 0.105. The van der Waals surface area contributed by atoms with Gasteiger partial charge in [0.25, 0.3) is 5.95 Å². The van der Waals surface area contributed by atoms with Crippen LogP contribution in [0.5, 0.6) is 5.88 Å². The van der Waals surface area contributed by atoms with Crippen LogP contribution >= 0.6 is 0 Å². The molecule has 0 saturated heterocycles. The Morgan fingerprint density at radius 1 is 1.35 bits per heavy atom. The standard InChI is InChI=1S/C17H22N8O6/c1-6-12(26)31-21-10(2)18-9-7-8-11-13(27)25(14-19-22-23-20-14)15(28)24(11)16(29)30-17(3,4)5/h27H,6,9H2,1-5H3,(H,18,21)(H,19,20,22,23). The first-order valence-corrected chi connectivity index (χ1v) is 9.04. The molecule has 14 nitrogen and oxygen atoms in total. The molecule has 2 rings (SSSR count). The summed E-state index contributed by atoms with van der Waals surface area (Å²) in [4.78, 5) is 45.1. The summed E-state index contributed by atoms with van der Waals surface area (Å²) < 4.78 is 6.43. The average molecular weight is 434 g/mol. The molecule has 2 aromatic rings. The van der Waals surface area contributed by atoms with E-state index in [0.29, 0.717) is 9.13 Å². The summed E-state index contributed by atoms with van der Waals surface area (Å²) in [6.07, 6.45) is -0.856. The maximum Gasteiger partial charge on any atom is 0.423 e. The van der Waals surface area contributed by atoms with Crippen LogP contribution in [0.3, 0.4) is 0 Å². The van der Waals surface area contributed by atoms with Crippen LogP contribution in [0.2, 0.25) is 0 Å². The first kappa shape index (κ1) is 23.1. The van der Waals surface area contributed by atoms with Crippen LogP contribution in [0, 0.1) is 11.8 Å². The number of hydroxylamine groups is 1. The number of tetrazole rings is 1. The number of rotatable bonds is 3. The van der Waals surface area contributed by atoms with Gasteiger partial charge in [-0.1, -0.05) is 17.9 Å². The van der Waals surface area contributed by atoms with Crippen LogP contribution in [0.25, 0.3) is 5.95 Å². The summed E-state index contributed by atoms with van der Waals surface area (Å²) in [5, 5.41) is 23.2. The molecular formula is C17H22N8O6. The first-order valence-electron chi connectivity index (χ1n) is 9.04. The predicted octanol–water partition coefficient (Wildman–Crippen LogP) is -0.131. The number of amidine groups is 1. The van der Waals surface area contributed by atoms with E-state index in [-0.39, 0.29) is 30.4 Å². The van der Waals surface area contributed by atoms with Gasteiger partial charge in [0, 0.05) is 6.42 Å². The van der Waals surface area contributed by atoms with Crippen LogP contribution in [-0.2, 0) is 14.4 Å². The molecule has 14 heteroatoms. The van der Waals surface area contributed by atoms with E-state index >= 15 is 0 Å². The van der Waals surface area contributed by atoms with Gasteiger partial charge in [0.05, 0.1) is 0 Å². The van der Waals surface area contributed by atoms with Gasteiger partial charge in [-0.3, -0.25) is 4.99 Å². The van der Waals surface area contributed by atoms with Gasteiger partial charge in [-0.05, 0) is 38.8 Å². The molecule has 0 saturated carbocycles. The van der Waals surface area contributed by atoms with Crippen LogP contribution in [0.4, 0.5) is 4.79 Å². The molecule has 0 amide bonds. The fraction of sp³-hybridized carbons (Fsp3) is 0.471. The number of hydrogen-bond acceptors (Lipinski definition) is 10. The number of carbonyl (C=O) groups is 2. The number of aliphatic imine (C=N–C) groups is 1. The van der Waals surface area contributed by atoms with E-state index in [9.17, 15) is 19.5 Å². The van der Waals surface area contributed by atoms with Gasteiger partial charge in [-0.2, -0.15) is 14.3 Å². The highest BCUT2D eigenvalue weighted by Crippen LogP contribution is 2.19. The maximum atomic E-state index is 12.7. The molecule has 0 spiro atoms. The van der Waals surface area contributed by atoms with Gasteiger partial charge in [0.1, 0.15) is 18.0 Å². The Labute approximate surface area is 176 Å². The third-order valence-electron chi connectivity index (χ3n) is 3.34. The van der Waals surface area contributed by atoms with Crippen LogP contribution in [0.1, 0.15) is 46.7 Å². The van der Waals surface area contributed by atoms with Crippen LogP contribution < -0.4 is 11.2 Å². The second-order valence-corrected chi connectivity index (χ2v) is 6.95. The molecule has 2 heterocycles. The van der Waals surface area contributed by atoms with E-state index in [1.165, 1.54) is 0 Å². The Bertz CT molecular complexity index is 1090. The molecule has 3 N–H and O–H groups in total. The summed E-state index contributed by atoms with van der Waals surface area (Å²) in [6, 6.07) is 0. The predicted molar refractivity (Wildman–Crippen MR) is 105 cm³/mol. The van der Waals surface area contributed by atoms with Crippen LogP contribution in [-0.4, -0.2) is 64.9 Å². The monoisotopic (exact) mass is 434 g/mol. The van der Waals surface area contributed by atoms with Crippen molar-refractivity contribution in [3.8, 4) is 23.7 Å². The largest absolute Gasteiger partial charge is 0.492 e. The summed E-state index contributed by atoms with van der Waals surface area (Å²) in [6.45, 7) is 7.94. The zero-order valence-electron chi connectivity index (χ0n) is 17.6. The van der Waals surface area contributed by atoms with E-state index in [2.05, 4.69) is 42.9 Å². The number of ether oxygens (including phenoxy) is 1. The molecule has 166 valence electrons. The quantitative estimate of drug-likeness (QED) is 0.255. The highest BCUT2D eigenvalue weighted by Gasteiger charge is 2.29. The smallest absolute Gasteiger partial charge is 0.423 e. The van der Waals surface area contributed by atoms with E-state index in [1.807, 2.05) is 0 Å². The lowest BCUT2D eigenvalue weighted by Crippen LogP contribution is -2.35. The van der Waals surface area contributed by atoms with Crippen molar-refractivity contribution in [1.29, 1.82) is 0 Å². The summed E-state index contributed by atoms with van der Waals surface area (Å²) in [7, 11) is 0. The SMILES string of the molecule is CCC(=O)ONC(C)=NCC#Cc1c(O)n(-c2nn[nH]n2)c(=O)n1C(=O)OC(C)(C)C. The minimum absolute atomic E-state index is 0.0994. The van der Waals surface area contributed by atoms with Crippen molar-refractivity contribution >= 4 is 17.9 Å². The molecule has 2 aromatic heterocycles. The topological polar surface area (TPSA) is 179 Å². The lowest BCUT2D eigenvalue weighted by Gasteiger charge is -2.19. The number of H-pyrrole nitrogens is 1. The molecule has 0 aromatic carbocycles. The zero-order chi connectivity index (χ0) is 23.2. The fourth-order valence-electron chi connectivity index (χ4n) is 2.03. The highest BCUT2D eigenvalue weighted by atomic mass is 16.7. The molecule has 0 unspecified atom stereocenters. The number of nitrogens with zero attached hydrogens (tertiary/aromatic N) is 6. The van der Waals surface area contributed by atoms with E-state index in [0.717, 1.165) is 0 Å². The van der Waals surface area contributed by atoms with Crippen molar-refractivity contribution in [2.24, 2.45) is 4.99 Å². The van der Waals surface area contributed by atoms with E-state index in [1.54, 1.807) is 34.6 Å². The minimum atomic E-state index is -1.05. The molecule has 0 radical (unpaired) electrons. The van der Waals surface area contributed by atoms with Crippen molar-refractivity contribution in [3.63, 3.8) is 0 Å². The normalized spacial score (nSPS) is 11.5. The van der Waals surface area contributed by atoms with Crippen molar-refractivity contribution in [3.05, 3.63) is 16.2 Å². The van der Waals surface area contributed by atoms with Gasteiger partial charge in [-0.15, -0.1) is 5.10 Å². The molecule has 0 atom stereocenters. The van der Waals surface area contributed by atoms with E-state index in [4.69, 9.17) is 9.57 Å². The Morgan fingerprint density at radius 3 is 2.65 bits per heavy atom. The number of imidazole rings is 1. The Hall–Kier alpha value is -4.15. The molecule has 0 aliphatic heterocycles. The third kappa shape index (κ3) is 5.92. The highest BCUT2D eigenvalue weighted by molar-refractivity contribution is 5.80. The lowest BCUT2D eigenvalue weighted by molar-refractivity contribution is -0.147. The number of nitrogens with one attached hydrogen (secondary N) is 2. The Morgan fingerprint density at radius 2 is 2.06 bits per heavy atom.